The third kappa shape index (κ3) is 4.05. The first kappa shape index (κ1) is 15.5. The van der Waals surface area contributed by atoms with Crippen molar-refractivity contribution >= 4 is 17.3 Å². The molecule has 0 amide bonds. The van der Waals surface area contributed by atoms with Crippen LogP contribution in [0.2, 0.25) is 0 Å². The van der Waals surface area contributed by atoms with Gasteiger partial charge in [-0.1, -0.05) is 67.6 Å². The maximum absolute atomic E-state index is 5.53. The topological polar surface area (TPSA) is 15.3 Å². The number of rotatable bonds is 5. The van der Waals surface area contributed by atoms with E-state index >= 15 is 0 Å². The summed E-state index contributed by atoms with van der Waals surface area (Å²) in [6, 6.07) is 21.1. The van der Waals surface area contributed by atoms with Crippen LogP contribution < -0.4 is 5.32 Å². The van der Waals surface area contributed by atoms with E-state index in [1.807, 2.05) is 12.1 Å². The summed E-state index contributed by atoms with van der Waals surface area (Å²) in [7, 11) is 2.05. The van der Waals surface area contributed by atoms with E-state index in [4.69, 9.17) is 12.2 Å². The Labute approximate surface area is 132 Å². The van der Waals surface area contributed by atoms with E-state index in [9.17, 15) is 0 Å². The van der Waals surface area contributed by atoms with E-state index in [-0.39, 0.29) is 6.04 Å². The van der Waals surface area contributed by atoms with Gasteiger partial charge in [0.1, 0.15) is 0 Å². The number of thiocarbonyl (C=S) groups is 1. The van der Waals surface area contributed by atoms with Crippen LogP contribution >= 0.6 is 12.2 Å². The predicted octanol–water partition coefficient (Wildman–Crippen LogP) is 3.99. The van der Waals surface area contributed by atoms with Crippen LogP contribution in [0.25, 0.3) is 0 Å². The van der Waals surface area contributed by atoms with E-state index in [0.717, 1.165) is 18.1 Å². The van der Waals surface area contributed by atoms with Crippen molar-refractivity contribution in [2.75, 3.05) is 13.6 Å². The molecule has 0 saturated carbocycles. The fourth-order valence-corrected chi connectivity index (χ4v) is 2.59. The zero-order valence-electron chi connectivity index (χ0n) is 12.6. The van der Waals surface area contributed by atoms with Crippen LogP contribution in [-0.2, 0) is 0 Å². The summed E-state index contributed by atoms with van der Waals surface area (Å²) in [5.74, 6) is 0. The first-order chi connectivity index (χ1) is 10.2. The van der Waals surface area contributed by atoms with Crippen LogP contribution in [0.15, 0.2) is 60.7 Å². The lowest BCUT2D eigenvalue weighted by atomic mass is 9.98. The molecule has 2 aromatic carbocycles. The number of hydrogen-bond acceptors (Lipinski definition) is 1. The molecule has 0 aliphatic rings. The molecule has 3 heteroatoms. The van der Waals surface area contributed by atoms with E-state index in [1.165, 1.54) is 11.1 Å². The van der Waals surface area contributed by atoms with Gasteiger partial charge in [-0.25, -0.2) is 0 Å². The van der Waals surface area contributed by atoms with Crippen molar-refractivity contribution in [3.05, 3.63) is 71.8 Å². The molecule has 0 fully saturated rings. The average molecular weight is 298 g/mol. The van der Waals surface area contributed by atoms with E-state index in [0.29, 0.717) is 0 Å². The third-order valence-electron chi connectivity index (χ3n) is 3.46. The summed E-state index contributed by atoms with van der Waals surface area (Å²) < 4.78 is 0. The average Bonchev–Trinajstić information content (AvgIpc) is 2.54. The maximum Gasteiger partial charge on any atom is 0.169 e. The summed E-state index contributed by atoms with van der Waals surface area (Å²) in [5.41, 5.74) is 2.48. The molecule has 110 valence electrons. The van der Waals surface area contributed by atoms with Gasteiger partial charge in [0.05, 0.1) is 6.04 Å². The highest BCUT2D eigenvalue weighted by atomic mass is 32.1. The Morgan fingerprint density at radius 3 is 1.90 bits per heavy atom. The van der Waals surface area contributed by atoms with Gasteiger partial charge < -0.3 is 10.2 Å². The maximum atomic E-state index is 5.53. The first-order valence-corrected chi connectivity index (χ1v) is 7.75. The molecule has 0 unspecified atom stereocenters. The molecule has 0 bridgehead atoms. The third-order valence-corrected chi connectivity index (χ3v) is 3.90. The van der Waals surface area contributed by atoms with Gasteiger partial charge in [0, 0.05) is 13.6 Å². The van der Waals surface area contributed by atoms with Crippen LogP contribution in [0, 0.1) is 0 Å². The van der Waals surface area contributed by atoms with Crippen LogP contribution in [0.1, 0.15) is 30.5 Å². The van der Waals surface area contributed by atoms with Crippen LogP contribution in [-0.4, -0.2) is 23.6 Å². The normalized spacial score (nSPS) is 10.4. The molecule has 1 N–H and O–H groups in total. The van der Waals surface area contributed by atoms with Crippen molar-refractivity contribution in [1.29, 1.82) is 0 Å². The Hall–Kier alpha value is -1.87. The van der Waals surface area contributed by atoms with Crippen molar-refractivity contribution in [2.45, 2.75) is 19.4 Å². The number of hydrogen-bond donors (Lipinski definition) is 1. The molecule has 0 radical (unpaired) electrons. The van der Waals surface area contributed by atoms with Gasteiger partial charge in [-0.05, 0) is 29.8 Å². The van der Waals surface area contributed by atoms with E-state index < -0.39 is 0 Å². The van der Waals surface area contributed by atoms with Gasteiger partial charge in [-0.3, -0.25) is 0 Å². The van der Waals surface area contributed by atoms with Crippen LogP contribution in [0.4, 0.5) is 0 Å². The SMILES string of the molecule is CCCNC(=S)N(C)C(c1ccccc1)c1ccccc1. The smallest absolute Gasteiger partial charge is 0.169 e. The highest BCUT2D eigenvalue weighted by molar-refractivity contribution is 7.80. The summed E-state index contributed by atoms with van der Waals surface area (Å²) in [6.45, 7) is 3.04. The summed E-state index contributed by atoms with van der Waals surface area (Å²) >= 11 is 5.53. The largest absolute Gasteiger partial charge is 0.363 e. The Morgan fingerprint density at radius 2 is 1.48 bits per heavy atom. The molecular formula is C18H22N2S. The predicted molar refractivity (Wildman–Crippen MR) is 93.4 cm³/mol. The van der Waals surface area contributed by atoms with Crippen LogP contribution in [0.3, 0.4) is 0 Å². The Bertz CT molecular complexity index is 514. The van der Waals surface area contributed by atoms with Crippen molar-refractivity contribution in [3.8, 4) is 0 Å². The molecule has 0 saturated heterocycles. The zero-order valence-corrected chi connectivity index (χ0v) is 13.4. The highest BCUT2D eigenvalue weighted by Crippen LogP contribution is 2.27. The fourth-order valence-electron chi connectivity index (χ4n) is 2.38. The van der Waals surface area contributed by atoms with Crippen molar-refractivity contribution in [2.24, 2.45) is 0 Å². The molecule has 0 aliphatic heterocycles. The van der Waals surface area contributed by atoms with Gasteiger partial charge in [-0.15, -0.1) is 0 Å². The lowest BCUT2D eigenvalue weighted by molar-refractivity contribution is 0.420. The fraction of sp³-hybridized carbons (Fsp3) is 0.278. The molecule has 0 heterocycles. The van der Waals surface area contributed by atoms with Crippen molar-refractivity contribution in [1.82, 2.24) is 10.2 Å². The highest BCUT2D eigenvalue weighted by Gasteiger charge is 2.20. The standard InChI is InChI=1S/C18H22N2S/c1-3-14-19-18(21)20(2)17(15-10-6-4-7-11-15)16-12-8-5-9-13-16/h4-13,17H,3,14H2,1-2H3,(H,19,21). The molecule has 2 nitrogen and oxygen atoms in total. The van der Waals surface area contributed by atoms with Gasteiger partial charge in [0.25, 0.3) is 0 Å². The summed E-state index contributed by atoms with van der Waals surface area (Å²) in [4.78, 5) is 2.13. The quantitative estimate of drug-likeness (QED) is 0.840. The first-order valence-electron chi connectivity index (χ1n) is 7.34. The minimum absolute atomic E-state index is 0.129. The Balaban J connectivity index is 2.31. The molecule has 0 spiro atoms. The van der Waals surface area contributed by atoms with Gasteiger partial charge in [-0.2, -0.15) is 0 Å². The minimum Gasteiger partial charge on any atom is -0.363 e. The second kappa shape index (κ2) is 7.79. The van der Waals surface area contributed by atoms with Crippen molar-refractivity contribution < 1.29 is 0 Å². The molecular weight excluding hydrogens is 276 g/mol. The monoisotopic (exact) mass is 298 g/mol. The summed E-state index contributed by atoms with van der Waals surface area (Å²) in [5, 5.41) is 4.10. The summed E-state index contributed by atoms with van der Waals surface area (Å²) in [6.07, 6.45) is 1.06. The minimum atomic E-state index is 0.129. The molecule has 0 atom stereocenters. The second-order valence-electron chi connectivity index (χ2n) is 5.07. The number of benzene rings is 2. The Kier molecular flexibility index (Phi) is 5.76. The number of nitrogens with one attached hydrogen (secondary N) is 1. The van der Waals surface area contributed by atoms with Crippen molar-refractivity contribution in [3.63, 3.8) is 0 Å². The Morgan fingerprint density at radius 1 is 1.00 bits per heavy atom. The molecule has 2 rings (SSSR count). The van der Waals surface area contributed by atoms with E-state index in [1.54, 1.807) is 0 Å². The lowest BCUT2D eigenvalue weighted by Crippen LogP contribution is -2.40. The molecule has 0 aromatic heterocycles. The van der Waals surface area contributed by atoms with Gasteiger partial charge in [0.2, 0.25) is 0 Å². The second-order valence-corrected chi connectivity index (χ2v) is 5.45. The van der Waals surface area contributed by atoms with Gasteiger partial charge >= 0.3 is 0 Å². The molecule has 21 heavy (non-hydrogen) atoms. The number of nitrogens with zero attached hydrogens (tertiary/aromatic N) is 1. The lowest BCUT2D eigenvalue weighted by Gasteiger charge is -2.31. The zero-order chi connectivity index (χ0) is 15.1. The molecule has 2 aromatic rings. The molecule has 0 aliphatic carbocycles. The van der Waals surface area contributed by atoms with E-state index in [2.05, 4.69) is 72.7 Å². The van der Waals surface area contributed by atoms with Gasteiger partial charge in [0.15, 0.2) is 5.11 Å². The van der Waals surface area contributed by atoms with Crippen LogP contribution in [0.5, 0.6) is 0 Å².